The van der Waals surface area contributed by atoms with Gasteiger partial charge in [-0.15, -0.1) is 0 Å². The maximum atomic E-state index is 13.5. The fourth-order valence-electron chi connectivity index (χ4n) is 2.01. The Morgan fingerprint density at radius 2 is 2.06 bits per heavy atom. The van der Waals surface area contributed by atoms with E-state index >= 15 is 0 Å². The molecule has 1 fully saturated rings. The number of anilines is 1. The van der Waals surface area contributed by atoms with Gasteiger partial charge in [-0.1, -0.05) is 0 Å². The molecule has 0 spiro atoms. The Bertz CT molecular complexity index is 397. The largest absolute Gasteiger partial charge is 0.371 e. The van der Waals surface area contributed by atoms with Gasteiger partial charge in [0, 0.05) is 24.8 Å². The number of aryl methyl sites for hydroxylation is 1. The van der Waals surface area contributed by atoms with E-state index in [2.05, 4.69) is 11.9 Å². The summed E-state index contributed by atoms with van der Waals surface area (Å²) >= 11 is 0. The lowest BCUT2D eigenvalue weighted by Crippen LogP contribution is -2.23. The van der Waals surface area contributed by atoms with Crippen molar-refractivity contribution in [3.63, 3.8) is 0 Å². The second kappa shape index (κ2) is 4.06. The molecule has 3 heteroatoms. The molecule has 0 unspecified atom stereocenters. The van der Waals surface area contributed by atoms with Gasteiger partial charge in [0.05, 0.1) is 0 Å². The summed E-state index contributed by atoms with van der Waals surface area (Å²) in [5, 5.41) is 0. The fraction of sp³-hybridized carbons (Fsp3) is 0.538. The first kappa shape index (κ1) is 11.4. The summed E-state index contributed by atoms with van der Waals surface area (Å²) in [5.74, 6) is -0.166. The van der Waals surface area contributed by atoms with Crippen LogP contribution in [0.15, 0.2) is 12.1 Å². The van der Waals surface area contributed by atoms with Gasteiger partial charge >= 0.3 is 0 Å². The molecule has 16 heavy (non-hydrogen) atoms. The van der Waals surface area contributed by atoms with Crippen molar-refractivity contribution in [2.45, 2.75) is 38.8 Å². The van der Waals surface area contributed by atoms with Crippen LogP contribution in [0.4, 0.5) is 10.1 Å². The van der Waals surface area contributed by atoms with E-state index in [4.69, 9.17) is 5.73 Å². The van der Waals surface area contributed by atoms with Gasteiger partial charge in [0.2, 0.25) is 0 Å². The second-order valence-corrected chi connectivity index (χ2v) is 4.79. The van der Waals surface area contributed by atoms with Crippen LogP contribution in [-0.4, -0.2) is 13.1 Å². The third-order valence-electron chi connectivity index (χ3n) is 3.27. The van der Waals surface area contributed by atoms with E-state index in [1.54, 1.807) is 13.0 Å². The fourth-order valence-corrected chi connectivity index (χ4v) is 2.01. The summed E-state index contributed by atoms with van der Waals surface area (Å²) in [6, 6.07) is 3.97. The molecule has 0 radical (unpaired) electrons. The highest BCUT2D eigenvalue weighted by molar-refractivity contribution is 5.58. The van der Waals surface area contributed by atoms with Crippen molar-refractivity contribution in [3.8, 4) is 0 Å². The van der Waals surface area contributed by atoms with Crippen LogP contribution in [0.25, 0.3) is 0 Å². The molecule has 1 aliphatic carbocycles. The third-order valence-corrected chi connectivity index (χ3v) is 3.27. The zero-order valence-electron chi connectivity index (χ0n) is 10.1. The molecule has 1 saturated carbocycles. The first-order chi connectivity index (χ1) is 7.50. The highest BCUT2D eigenvalue weighted by atomic mass is 19.1. The van der Waals surface area contributed by atoms with Crippen LogP contribution in [0.2, 0.25) is 0 Å². The SMILES string of the molecule is Cc1cc(N(C)C2CC2)c([C@@H](C)N)cc1F. The summed E-state index contributed by atoms with van der Waals surface area (Å²) in [6.07, 6.45) is 2.45. The standard InChI is InChI=1S/C13H19FN2/c1-8-6-13(16(3)10-4-5-10)11(9(2)15)7-12(8)14/h6-7,9-10H,4-5,15H2,1-3H3/t9-/m1/s1. The van der Waals surface area contributed by atoms with Crippen molar-refractivity contribution in [1.82, 2.24) is 0 Å². The Kier molecular flexibility index (Phi) is 2.89. The van der Waals surface area contributed by atoms with E-state index in [9.17, 15) is 4.39 Å². The molecule has 0 bridgehead atoms. The van der Waals surface area contributed by atoms with Gasteiger partial charge < -0.3 is 10.6 Å². The van der Waals surface area contributed by atoms with Gasteiger partial charge in [0.1, 0.15) is 5.82 Å². The Balaban J connectivity index is 2.44. The number of hydrogen-bond acceptors (Lipinski definition) is 2. The van der Waals surface area contributed by atoms with Crippen molar-refractivity contribution in [2.24, 2.45) is 5.73 Å². The molecule has 88 valence electrons. The van der Waals surface area contributed by atoms with Gasteiger partial charge in [-0.05, 0) is 49.9 Å². The van der Waals surface area contributed by atoms with E-state index < -0.39 is 0 Å². The highest BCUT2D eigenvalue weighted by Gasteiger charge is 2.28. The van der Waals surface area contributed by atoms with E-state index in [-0.39, 0.29) is 11.9 Å². The average Bonchev–Trinajstić information content (AvgIpc) is 3.03. The van der Waals surface area contributed by atoms with Gasteiger partial charge in [0.25, 0.3) is 0 Å². The lowest BCUT2D eigenvalue weighted by atomic mass is 10.0. The minimum Gasteiger partial charge on any atom is -0.371 e. The molecule has 1 aromatic rings. The summed E-state index contributed by atoms with van der Waals surface area (Å²) in [6.45, 7) is 3.69. The summed E-state index contributed by atoms with van der Waals surface area (Å²) in [7, 11) is 2.07. The lowest BCUT2D eigenvalue weighted by Gasteiger charge is -2.24. The summed E-state index contributed by atoms with van der Waals surface area (Å²) in [4.78, 5) is 2.23. The van der Waals surface area contributed by atoms with Crippen LogP contribution < -0.4 is 10.6 Å². The van der Waals surface area contributed by atoms with Crippen LogP contribution in [0.3, 0.4) is 0 Å². The minimum atomic E-state index is -0.166. The molecule has 1 aliphatic rings. The van der Waals surface area contributed by atoms with Crippen LogP contribution in [0, 0.1) is 12.7 Å². The van der Waals surface area contributed by atoms with Gasteiger partial charge in [-0.2, -0.15) is 0 Å². The predicted octanol–water partition coefficient (Wildman–Crippen LogP) is 2.75. The zero-order chi connectivity index (χ0) is 11.9. The molecule has 1 atom stereocenters. The predicted molar refractivity (Wildman–Crippen MR) is 65.2 cm³/mol. The van der Waals surface area contributed by atoms with Gasteiger partial charge in [-0.3, -0.25) is 0 Å². The molecule has 0 heterocycles. The molecule has 0 aromatic heterocycles. The molecule has 0 saturated heterocycles. The number of rotatable bonds is 3. The molecule has 2 N–H and O–H groups in total. The Morgan fingerprint density at radius 3 is 2.56 bits per heavy atom. The van der Waals surface area contributed by atoms with E-state index in [0.29, 0.717) is 11.6 Å². The number of hydrogen-bond donors (Lipinski definition) is 1. The third kappa shape index (κ3) is 2.05. The Labute approximate surface area is 96.2 Å². The zero-order valence-corrected chi connectivity index (χ0v) is 10.1. The Morgan fingerprint density at radius 1 is 1.44 bits per heavy atom. The number of halogens is 1. The average molecular weight is 222 g/mol. The first-order valence-corrected chi connectivity index (χ1v) is 5.79. The molecule has 1 aromatic carbocycles. The molecule has 2 rings (SSSR count). The Hall–Kier alpha value is -1.09. The van der Waals surface area contributed by atoms with Crippen LogP contribution in [-0.2, 0) is 0 Å². The number of nitrogens with zero attached hydrogens (tertiary/aromatic N) is 1. The van der Waals surface area contributed by atoms with Crippen molar-refractivity contribution < 1.29 is 4.39 Å². The molecular weight excluding hydrogens is 203 g/mol. The lowest BCUT2D eigenvalue weighted by molar-refractivity contribution is 0.612. The highest BCUT2D eigenvalue weighted by Crippen LogP contribution is 2.35. The van der Waals surface area contributed by atoms with Gasteiger partial charge in [-0.25, -0.2) is 4.39 Å². The number of benzene rings is 1. The molecular formula is C13H19FN2. The van der Waals surface area contributed by atoms with Crippen molar-refractivity contribution in [1.29, 1.82) is 0 Å². The van der Waals surface area contributed by atoms with E-state index in [1.807, 2.05) is 13.0 Å². The number of nitrogens with two attached hydrogens (primary N) is 1. The van der Waals surface area contributed by atoms with Crippen molar-refractivity contribution >= 4 is 5.69 Å². The van der Waals surface area contributed by atoms with Crippen molar-refractivity contribution in [3.05, 3.63) is 29.1 Å². The van der Waals surface area contributed by atoms with E-state index in [1.165, 1.54) is 12.8 Å². The van der Waals surface area contributed by atoms with Crippen molar-refractivity contribution in [2.75, 3.05) is 11.9 Å². The van der Waals surface area contributed by atoms with Crippen LogP contribution in [0.1, 0.15) is 36.9 Å². The maximum Gasteiger partial charge on any atom is 0.126 e. The maximum absolute atomic E-state index is 13.5. The van der Waals surface area contributed by atoms with E-state index in [0.717, 1.165) is 11.3 Å². The minimum absolute atomic E-state index is 0.133. The first-order valence-electron chi connectivity index (χ1n) is 5.79. The topological polar surface area (TPSA) is 29.3 Å². The normalized spacial score (nSPS) is 17.3. The monoisotopic (exact) mass is 222 g/mol. The van der Waals surface area contributed by atoms with Gasteiger partial charge in [0.15, 0.2) is 0 Å². The summed E-state index contributed by atoms with van der Waals surface area (Å²) in [5.41, 5.74) is 8.57. The molecule has 2 nitrogen and oxygen atoms in total. The second-order valence-electron chi connectivity index (χ2n) is 4.79. The van der Waals surface area contributed by atoms with Crippen LogP contribution in [0.5, 0.6) is 0 Å². The quantitative estimate of drug-likeness (QED) is 0.852. The smallest absolute Gasteiger partial charge is 0.126 e. The molecule has 0 amide bonds. The van der Waals surface area contributed by atoms with Crippen LogP contribution >= 0.6 is 0 Å². The molecule has 0 aliphatic heterocycles. The summed E-state index contributed by atoms with van der Waals surface area (Å²) < 4.78 is 13.5.